The van der Waals surface area contributed by atoms with E-state index in [0.717, 1.165) is 76.7 Å². The van der Waals surface area contributed by atoms with Crippen molar-refractivity contribution in [1.29, 1.82) is 0 Å². The quantitative estimate of drug-likeness (QED) is 0.653. The van der Waals surface area contributed by atoms with Gasteiger partial charge < -0.3 is 15.1 Å². The molecule has 2 aromatic rings. The van der Waals surface area contributed by atoms with Crippen molar-refractivity contribution in [3.8, 4) is 0 Å². The molecule has 0 spiro atoms. The van der Waals surface area contributed by atoms with Gasteiger partial charge in [0.2, 0.25) is 11.9 Å². The Morgan fingerprint density at radius 2 is 1.69 bits per heavy atom. The van der Waals surface area contributed by atoms with Crippen molar-refractivity contribution >= 4 is 17.7 Å². The molecule has 1 aromatic heterocycles. The number of carbonyl (C=O) groups excluding carboxylic acids is 1. The maximum absolute atomic E-state index is 12.7. The van der Waals surface area contributed by atoms with Crippen LogP contribution >= 0.6 is 0 Å². The van der Waals surface area contributed by atoms with Crippen LogP contribution in [0, 0.1) is 0 Å². The molecule has 1 atom stereocenters. The van der Waals surface area contributed by atoms with Gasteiger partial charge in [-0.2, -0.15) is 4.98 Å². The number of piperidine rings is 1. The van der Waals surface area contributed by atoms with Gasteiger partial charge in [-0.1, -0.05) is 43.2 Å². The molecule has 3 saturated heterocycles. The normalized spacial score (nSPS) is 22.2. The van der Waals surface area contributed by atoms with E-state index in [1.165, 1.54) is 31.2 Å². The molecule has 3 aliphatic rings. The van der Waals surface area contributed by atoms with Crippen molar-refractivity contribution in [1.82, 2.24) is 19.8 Å². The van der Waals surface area contributed by atoms with Crippen LogP contribution in [0.2, 0.25) is 0 Å². The van der Waals surface area contributed by atoms with Crippen LogP contribution in [0.5, 0.6) is 0 Å². The maximum atomic E-state index is 12.7. The summed E-state index contributed by atoms with van der Waals surface area (Å²) in [5, 5.41) is 3.61. The van der Waals surface area contributed by atoms with Gasteiger partial charge in [0.1, 0.15) is 5.82 Å². The number of rotatable bonds is 7. The molecule has 5 rings (SSSR count). The first kappa shape index (κ1) is 24.0. The molecule has 7 nitrogen and oxygen atoms in total. The molecule has 1 amide bonds. The second kappa shape index (κ2) is 11.8. The fourth-order valence-electron chi connectivity index (χ4n) is 5.85. The standard InChI is InChI=1S/C28H40N6O/c35-27(11-10-23-8-4-3-5-9-23)33-20-14-25(15-21-33)34-19-13-24(22-34)30-28-29-16-12-26(31-28)32-17-6-1-2-7-18-32/h3-5,8-9,12,16,24-25H,1-2,6-7,10-11,13-15,17-22H2,(H,29,30,31). The Morgan fingerprint density at radius 1 is 0.914 bits per heavy atom. The Kier molecular flexibility index (Phi) is 8.14. The van der Waals surface area contributed by atoms with Gasteiger partial charge in [-0.15, -0.1) is 0 Å². The van der Waals surface area contributed by atoms with Crippen LogP contribution in [0.3, 0.4) is 0 Å². The van der Waals surface area contributed by atoms with Crippen LogP contribution in [0.15, 0.2) is 42.6 Å². The van der Waals surface area contributed by atoms with Crippen molar-refractivity contribution in [3.05, 3.63) is 48.2 Å². The van der Waals surface area contributed by atoms with E-state index in [-0.39, 0.29) is 0 Å². The number of amides is 1. The SMILES string of the molecule is O=C(CCc1ccccc1)N1CCC(N2CCC(Nc3nccc(N4CCCCCC4)n3)C2)CC1. The van der Waals surface area contributed by atoms with Gasteiger partial charge in [0, 0.05) is 64.0 Å². The molecule has 188 valence electrons. The topological polar surface area (TPSA) is 64.6 Å². The van der Waals surface area contributed by atoms with Crippen molar-refractivity contribution in [2.75, 3.05) is 49.5 Å². The van der Waals surface area contributed by atoms with Gasteiger partial charge in [-0.05, 0) is 50.2 Å². The van der Waals surface area contributed by atoms with Gasteiger partial charge in [-0.25, -0.2) is 4.98 Å². The van der Waals surface area contributed by atoms with Gasteiger partial charge in [0.25, 0.3) is 0 Å². The number of nitrogens with one attached hydrogen (secondary N) is 1. The molecule has 1 unspecified atom stereocenters. The first-order valence-corrected chi connectivity index (χ1v) is 13.6. The average Bonchev–Trinajstić information content (AvgIpc) is 3.19. The van der Waals surface area contributed by atoms with E-state index in [4.69, 9.17) is 4.98 Å². The van der Waals surface area contributed by atoms with Gasteiger partial charge in [0.15, 0.2) is 0 Å². The number of hydrogen-bond acceptors (Lipinski definition) is 6. The second-order valence-electron chi connectivity index (χ2n) is 10.4. The molecule has 3 fully saturated rings. The molecule has 0 saturated carbocycles. The minimum absolute atomic E-state index is 0.301. The van der Waals surface area contributed by atoms with Crippen LogP contribution in [-0.2, 0) is 11.2 Å². The molecule has 35 heavy (non-hydrogen) atoms. The highest BCUT2D eigenvalue weighted by atomic mass is 16.2. The molecule has 3 aliphatic heterocycles. The van der Waals surface area contributed by atoms with Crippen LogP contribution in [-0.4, -0.2) is 77.0 Å². The Balaban J connectivity index is 1.06. The highest BCUT2D eigenvalue weighted by molar-refractivity contribution is 5.76. The van der Waals surface area contributed by atoms with E-state index < -0.39 is 0 Å². The third kappa shape index (κ3) is 6.51. The lowest BCUT2D eigenvalue weighted by Gasteiger charge is -2.37. The largest absolute Gasteiger partial charge is 0.356 e. The van der Waals surface area contributed by atoms with Crippen molar-refractivity contribution in [3.63, 3.8) is 0 Å². The molecule has 0 radical (unpaired) electrons. The minimum Gasteiger partial charge on any atom is -0.356 e. The predicted molar refractivity (Wildman–Crippen MR) is 141 cm³/mol. The lowest BCUT2D eigenvalue weighted by Crippen LogP contribution is -2.46. The van der Waals surface area contributed by atoms with Crippen LogP contribution < -0.4 is 10.2 Å². The number of hydrogen-bond donors (Lipinski definition) is 1. The molecule has 4 heterocycles. The van der Waals surface area contributed by atoms with Crippen molar-refractivity contribution < 1.29 is 4.79 Å². The molecule has 1 aromatic carbocycles. The van der Waals surface area contributed by atoms with Gasteiger partial charge in [0.05, 0.1) is 0 Å². The highest BCUT2D eigenvalue weighted by Gasteiger charge is 2.32. The Hall–Kier alpha value is -2.67. The predicted octanol–water partition coefficient (Wildman–Crippen LogP) is 3.97. The Morgan fingerprint density at radius 3 is 2.46 bits per heavy atom. The number of benzene rings is 1. The lowest BCUT2D eigenvalue weighted by atomic mass is 10.0. The Bertz CT molecular complexity index is 937. The number of anilines is 2. The van der Waals surface area contributed by atoms with Gasteiger partial charge in [-0.3, -0.25) is 9.69 Å². The third-order valence-electron chi connectivity index (χ3n) is 7.93. The summed E-state index contributed by atoms with van der Waals surface area (Å²) in [6.45, 7) is 6.10. The second-order valence-corrected chi connectivity index (χ2v) is 10.4. The first-order chi connectivity index (χ1) is 17.2. The summed E-state index contributed by atoms with van der Waals surface area (Å²) in [6.07, 6.45) is 11.8. The molecule has 1 N–H and O–H groups in total. The number of likely N-dealkylation sites (tertiary alicyclic amines) is 2. The lowest BCUT2D eigenvalue weighted by molar-refractivity contribution is -0.132. The number of carbonyl (C=O) groups is 1. The molecule has 7 heteroatoms. The average molecular weight is 477 g/mol. The monoisotopic (exact) mass is 476 g/mol. The summed E-state index contributed by atoms with van der Waals surface area (Å²) in [7, 11) is 0. The van der Waals surface area contributed by atoms with Crippen LogP contribution in [0.4, 0.5) is 11.8 Å². The summed E-state index contributed by atoms with van der Waals surface area (Å²) in [5.74, 6) is 2.12. The smallest absolute Gasteiger partial charge is 0.224 e. The third-order valence-corrected chi connectivity index (χ3v) is 7.93. The highest BCUT2D eigenvalue weighted by Crippen LogP contribution is 2.24. The minimum atomic E-state index is 0.301. The van der Waals surface area contributed by atoms with Crippen molar-refractivity contribution in [2.45, 2.75) is 69.9 Å². The summed E-state index contributed by atoms with van der Waals surface area (Å²) < 4.78 is 0. The van der Waals surface area contributed by atoms with E-state index in [1.807, 2.05) is 30.5 Å². The fourth-order valence-corrected chi connectivity index (χ4v) is 5.85. The van der Waals surface area contributed by atoms with Crippen LogP contribution in [0.1, 0.15) is 56.9 Å². The molecule has 0 aliphatic carbocycles. The Labute approximate surface area is 209 Å². The number of aryl methyl sites for hydroxylation is 1. The first-order valence-electron chi connectivity index (χ1n) is 13.6. The molecular weight excluding hydrogens is 436 g/mol. The summed E-state index contributed by atoms with van der Waals surface area (Å²) in [4.78, 5) is 29.2. The zero-order valence-electron chi connectivity index (χ0n) is 20.9. The summed E-state index contributed by atoms with van der Waals surface area (Å²) in [6, 6.07) is 13.3. The number of aromatic nitrogens is 2. The zero-order valence-corrected chi connectivity index (χ0v) is 20.9. The summed E-state index contributed by atoms with van der Waals surface area (Å²) in [5.41, 5.74) is 1.24. The van der Waals surface area contributed by atoms with E-state index in [9.17, 15) is 4.79 Å². The molecule has 0 bridgehead atoms. The van der Waals surface area contributed by atoms with E-state index in [0.29, 0.717) is 24.4 Å². The fraction of sp³-hybridized carbons (Fsp3) is 0.607. The summed E-state index contributed by atoms with van der Waals surface area (Å²) >= 11 is 0. The van der Waals surface area contributed by atoms with Crippen LogP contribution in [0.25, 0.3) is 0 Å². The number of nitrogens with zero attached hydrogens (tertiary/aromatic N) is 5. The molecular formula is C28H40N6O. The van der Waals surface area contributed by atoms with E-state index in [2.05, 4.69) is 37.1 Å². The van der Waals surface area contributed by atoms with Gasteiger partial charge >= 0.3 is 0 Å². The maximum Gasteiger partial charge on any atom is 0.224 e. The van der Waals surface area contributed by atoms with E-state index in [1.54, 1.807) is 0 Å². The van der Waals surface area contributed by atoms with E-state index >= 15 is 0 Å². The van der Waals surface area contributed by atoms with Crippen molar-refractivity contribution in [2.24, 2.45) is 0 Å². The zero-order chi connectivity index (χ0) is 23.9.